The zero-order chi connectivity index (χ0) is 12.3. The van der Waals surface area contributed by atoms with Gasteiger partial charge in [-0.25, -0.2) is 5.84 Å². The molecular weight excluding hydrogens is 208 g/mol. The molecule has 0 aromatic heterocycles. The van der Waals surface area contributed by atoms with Gasteiger partial charge in [0, 0.05) is 0 Å². The van der Waals surface area contributed by atoms with E-state index in [1.165, 1.54) is 11.1 Å². The highest BCUT2D eigenvalue weighted by molar-refractivity contribution is 5.48. The Morgan fingerprint density at radius 1 is 0.941 bits per heavy atom. The number of hydrogen-bond acceptors (Lipinski definition) is 2. The summed E-state index contributed by atoms with van der Waals surface area (Å²) in [5.74, 6) is 6.15. The number of nitrogens with zero attached hydrogens (tertiary/aromatic N) is 1. The molecule has 0 saturated heterocycles. The second kappa shape index (κ2) is 5.02. The summed E-state index contributed by atoms with van der Waals surface area (Å²) in [6.07, 6.45) is 0. The highest BCUT2D eigenvalue weighted by Gasteiger charge is 2.12. The Morgan fingerprint density at radius 3 is 2.12 bits per heavy atom. The minimum Gasteiger partial charge on any atom is -0.304 e. The van der Waals surface area contributed by atoms with Crippen molar-refractivity contribution in [2.45, 2.75) is 19.9 Å². The van der Waals surface area contributed by atoms with Crippen molar-refractivity contribution >= 4 is 5.69 Å². The van der Waals surface area contributed by atoms with Gasteiger partial charge in [0.15, 0.2) is 0 Å². The zero-order valence-electron chi connectivity index (χ0n) is 10.3. The van der Waals surface area contributed by atoms with Crippen molar-refractivity contribution in [3.8, 4) is 0 Å². The van der Waals surface area contributed by atoms with E-state index in [4.69, 9.17) is 5.84 Å². The summed E-state index contributed by atoms with van der Waals surface area (Å²) in [4.78, 5) is 0. The first kappa shape index (κ1) is 11.7. The largest absolute Gasteiger partial charge is 0.304 e. The second-order valence-corrected chi connectivity index (χ2v) is 4.33. The van der Waals surface area contributed by atoms with Crippen molar-refractivity contribution in [1.82, 2.24) is 0 Å². The molecule has 0 fully saturated rings. The number of rotatable bonds is 3. The van der Waals surface area contributed by atoms with Gasteiger partial charge in [0.25, 0.3) is 0 Å². The lowest BCUT2D eigenvalue weighted by Crippen LogP contribution is -2.33. The predicted octanol–water partition coefficient (Wildman–Crippen LogP) is 3.44. The van der Waals surface area contributed by atoms with Gasteiger partial charge in [-0.05, 0) is 31.5 Å². The molecule has 0 aliphatic heterocycles. The van der Waals surface area contributed by atoms with Crippen molar-refractivity contribution in [3.05, 3.63) is 65.7 Å². The first-order valence-electron chi connectivity index (χ1n) is 5.84. The van der Waals surface area contributed by atoms with Crippen molar-refractivity contribution in [2.75, 3.05) is 5.01 Å². The van der Waals surface area contributed by atoms with E-state index in [1.807, 2.05) is 18.2 Å². The summed E-state index contributed by atoms with van der Waals surface area (Å²) in [6, 6.07) is 18.7. The van der Waals surface area contributed by atoms with Crippen LogP contribution in [0.25, 0.3) is 0 Å². The van der Waals surface area contributed by atoms with Crippen LogP contribution in [-0.2, 0) is 0 Å². The summed E-state index contributed by atoms with van der Waals surface area (Å²) in [5.41, 5.74) is 3.50. The number of aryl methyl sites for hydroxylation is 1. The van der Waals surface area contributed by atoms with Crippen LogP contribution in [0.5, 0.6) is 0 Å². The van der Waals surface area contributed by atoms with Crippen LogP contribution in [-0.4, -0.2) is 0 Å². The Kier molecular flexibility index (Phi) is 3.45. The molecule has 0 aliphatic carbocycles. The third kappa shape index (κ3) is 2.66. The van der Waals surface area contributed by atoms with E-state index in [9.17, 15) is 0 Å². The normalized spacial score (nSPS) is 12.2. The van der Waals surface area contributed by atoms with Gasteiger partial charge in [0.05, 0.1) is 11.7 Å². The Hall–Kier alpha value is -1.80. The van der Waals surface area contributed by atoms with Crippen molar-refractivity contribution in [2.24, 2.45) is 5.84 Å². The molecule has 2 aromatic rings. The second-order valence-electron chi connectivity index (χ2n) is 4.33. The SMILES string of the molecule is Cc1ccc(N(N)C(C)c2ccccc2)cc1. The third-order valence-electron chi connectivity index (χ3n) is 3.03. The fourth-order valence-corrected chi connectivity index (χ4v) is 1.83. The van der Waals surface area contributed by atoms with Crippen LogP contribution in [0.4, 0.5) is 5.69 Å². The minimum atomic E-state index is 0.166. The molecule has 2 N–H and O–H groups in total. The molecule has 2 nitrogen and oxygen atoms in total. The van der Waals surface area contributed by atoms with E-state index in [1.54, 1.807) is 5.01 Å². The van der Waals surface area contributed by atoms with Gasteiger partial charge in [0.2, 0.25) is 0 Å². The van der Waals surface area contributed by atoms with E-state index in [0.29, 0.717) is 0 Å². The lowest BCUT2D eigenvalue weighted by Gasteiger charge is -2.26. The molecule has 17 heavy (non-hydrogen) atoms. The summed E-state index contributed by atoms with van der Waals surface area (Å²) in [5, 5.41) is 1.80. The molecule has 0 saturated carbocycles. The number of anilines is 1. The lowest BCUT2D eigenvalue weighted by atomic mass is 10.1. The Balaban J connectivity index is 2.20. The van der Waals surface area contributed by atoms with Gasteiger partial charge in [-0.1, -0.05) is 48.0 Å². The average Bonchev–Trinajstić information content (AvgIpc) is 2.39. The molecule has 0 spiro atoms. The molecule has 2 aromatic carbocycles. The van der Waals surface area contributed by atoms with E-state index >= 15 is 0 Å². The van der Waals surface area contributed by atoms with Crippen molar-refractivity contribution in [1.29, 1.82) is 0 Å². The predicted molar refractivity (Wildman–Crippen MR) is 72.7 cm³/mol. The molecule has 2 heteroatoms. The number of hydrazine groups is 1. The maximum atomic E-state index is 6.15. The molecule has 0 bridgehead atoms. The van der Waals surface area contributed by atoms with Crippen LogP contribution in [0.3, 0.4) is 0 Å². The molecule has 0 heterocycles. The topological polar surface area (TPSA) is 29.3 Å². The molecule has 1 unspecified atom stereocenters. The highest BCUT2D eigenvalue weighted by atomic mass is 15.4. The number of benzene rings is 2. The monoisotopic (exact) mass is 226 g/mol. The lowest BCUT2D eigenvalue weighted by molar-refractivity contribution is 0.697. The molecule has 88 valence electrons. The van der Waals surface area contributed by atoms with Crippen LogP contribution < -0.4 is 10.9 Å². The van der Waals surface area contributed by atoms with E-state index in [0.717, 1.165) is 5.69 Å². The maximum absolute atomic E-state index is 6.15. The Morgan fingerprint density at radius 2 is 1.53 bits per heavy atom. The van der Waals surface area contributed by atoms with Gasteiger partial charge in [-0.15, -0.1) is 0 Å². The van der Waals surface area contributed by atoms with Crippen LogP contribution in [0.15, 0.2) is 54.6 Å². The number of hydrogen-bond donors (Lipinski definition) is 1. The van der Waals surface area contributed by atoms with Gasteiger partial charge in [0.1, 0.15) is 0 Å². The summed E-state index contributed by atoms with van der Waals surface area (Å²) in [6.45, 7) is 4.18. The van der Waals surface area contributed by atoms with Gasteiger partial charge < -0.3 is 5.01 Å². The molecular formula is C15H18N2. The van der Waals surface area contributed by atoms with E-state index < -0.39 is 0 Å². The Labute approximate surface area is 103 Å². The van der Waals surface area contributed by atoms with E-state index in [2.05, 4.69) is 50.2 Å². The van der Waals surface area contributed by atoms with E-state index in [-0.39, 0.29) is 6.04 Å². The first-order chi connectivity index (χ1) is 8.18. The van der Waals surface area contributed by atoms with Crippen LogP contribution in [0.2, 0.25) is 0 Å². The Bertz CT molecular complexity index is 462. The minimum absolute atomic E-state index is 0.166. The van der Waals surface area contributed by atoms with Crippen molar-refractivity contribution < 1.29 is 0 Å². The summed E-state index contributed by atoms with van der Waals surface area (Å²) >= 11 is 0. The maximum Gasteiger partial charge on any atom is 0.0673 e. The van der Waals surface area contributed by atoms with Gasteiger partial charge >= 0.3 is 0 Å². The third-order valence-corrected chi connectivity index (χ3v) is 3.03. The zero-order valence-corrected chi connectivity index (χ0v) is 10.3. The smallest absolute Gasteiger partial charge is 0.0673 e. The van der Waals surface area contributed by atoms with Crippen molar-refractivity contribution in [3.63, 3.8) is 0 Å². The number of nitrogens with two attached hydrogens (primary N) is 1. The molecule has 0 aliphatic rings. The van der Waals surface area contributed by atoms with Crippen LogP contribution >= 0.6 is 0 Å². The quantitative estimate of drug-likeness (QED) is 0.641. The fraction of sp³-hybridized carbons (Fsp3) is 0.200. The summed E-state index contributed by atoms with van der Waals surface area (Å²) < 4.78 is 0. The molecule has 0 radical (unpaired) electrons. The molecule has 1 atom stereocenters. The molecule has 2 rings (SSSR count). The average molecular weight is 226 g/mol. The first-order valence-corrected chi connectivity index (χ1v) is 5.84. The van der Waals surface area contributed by atoms with Gasteiger partial charge in [-0.3, -0.25) is 0 Å². The van der Waals surface area contributed by atoms with Crippen LogP contribution in [0.1, 0.15) is 24.1 Å². The van der Waals surface area contributed by atoms with Gasteiger partial charge in [-0.2, -0.15) is 0 Å². The summed E-state index contributed by atoms with van der Waals surface area (Å²) in [7, 11) is 0. The van der Waals surface area contributed by atoms with Crippen LogP contribution in [0, 0.1) is 6.92 Å². The standard InChI is InChI=1S/C15H18N2/c1-12-8-10-15(11-9-12)17(16)13(2)14-6-4-3-5-7-14/h3-11,13H,16H2,1-2H3. The highest BCUT2D eigenvalue weighted by Crippen LogP contribution is 2.23. The molecule has 0 amide bonds. The fourth-order valence-electron chi connectivity index (χ4n) is 1.83.